The maximum absolute atomic E-state index is 12.8. The van der Waals surface area contributed by atoms with Crippen LogP contribution in [-0.2, 0) is 28.0 Å². The molecule has 8 nitrogen and oxygen atoms in total. The second kappa shape index (κ2) is 10.9. The van der Waals surface area contributed by atoms with Crippen molar-refractivity contribution < 1.29 is 27.1 Å². The Kier molecular flexibility index (Phi) is 7.49. The second-order valence-corrected chi connectivity index (χ2v) is 9.24. The number of carbonyl (C=O) groups is 1. The van der Waals surface area contributed by atoms with Gasteiger partial charge in [-0.05, 0) is 66.2 Å². The van der Waals surface area contributed by atoms with Gasteiger partial charge in [0.15, 0.2) is 0 Å². The van der Waals surface area contributed by atoms with Crippen LogP contribution in [0.1, 0.15) is 21.7 Å². The highest BCUT2D eigenvalue weighted by atomic mass is 32.2. The zero-order valence-electron chi connectivity index (χ0n) is 18.9. The van der Waals surface area contributed by atoms with Gasteiger partial charge in [0.05, 0.1) is 30.6 Å². The number of rotatable bonds is 10. The van der Waals surface area contributed by atoms with Crippen molar-refractivity contribution in [1.29, 1.82) is 0 Å². The first-order chi connectivity index (χ1) is 16.9. The first kappa shape index (κ1) is 24.1. The minimum absolute atomic E-state index is 0.0238. The Morgan fingerprint density at radius 1 is 0.914 bits per heavy atom. The molecule has 0 bridgehead atoms. The van der Waals surface area contributed by atoms with Crippen LogP contribution in [0, 0.1) is 0 Å². The fourth-order valence-electron chi connectivity index (χ4n) is 3.32. The molecule has 4 aromatic rings. The lowest BCUT2D eigenvalue weighted by molar-refractivity contribution is 0.0929. The minimum atomic E-state index is -3.86. The molecular weight excluding hydrogens is 468 g/mol. The summed E-state index contributed by atoms with van der Waals surface area (Å²) in [4.78, 5) is 12.7. The van der Waals surface area contributed by atoms with Gasteiger partial charge in [0.25, 0.3) is 15.9 Å². The average molecular weight is 493 g/mol. The molecule has 0 aliphatic heterocycles. The molecule has 0 saturated heterocycles. The standard InChI is InChI=1S/C26H24N2O6S/c1-32-25-10-3-2-9-24(25)28-35(30,31)23-13-11-20(12-14-23)26(29)27-21-7-4-6-19(16-21)17-33-18-22-8-5-15-34-22/h2-16,28H,17-18H2,1H3,(H,27,29). The first-order valence-electron chi connectivity index (χ1n) is 10.7. The van der Waals surface area contributed by atoms with Crippen LogP contribution in [0.25, 0.3) is 0 Å². The maximum atomic E-state index is 12.8. The SMILES string of the molecule is COc1ccccc1NS(=O)(=O)c1ccc(C(=O)Nc2cccc(COCc3ccco3)c2)cc1. The summed E-state index contributed by atoms with van der Waals surface area (Å²) >= 11 is 0. The van der Waals surface area contributed by atoms with Crippen molar-refractivity contribution >= 4 is 27.3 Å². The van der Waals surface area contributed by atoms with Crippen LogP contribution in [0.4, 0.5) is 11.4 Å². The summed E-state index contributed by atoms with van der Waals surface area (Å²) in [5.41, 5.74) is 2.13. The van der Waals surface area contributed by atoms with E-state index in [0.29, 0.717) is 35.9 Å². The maximum Gasteiger partial charge on any atom is 0.262 e. The third-order valence-corrected chi connectivity index (χ3v) is 6.44. The molecule has 35 heavy (non-hydrogen) atoms. The highest BCUT2D eigenvalue weighted by molar-refractivity contribution is 7.92. The highest BCUT2D eigenvalue weighted by Crippen LogP contribution is 2.26. The molecule has 0 unspecified atom stereocenters. The smallest absolute Gasteiger partial charge is 0.262 e. The monoisotopic (exact) mass is 492 g/mol. The number of methoxy groups -OCH3 is 1. The number of amides is 1. The normalized spacial score (nSPS) is 11.1. The lowest BCUT2D eigenvalue weighted by atomic mass is 10.2. The van der Waals surface area contributed by atoms with E-state index >= 15 is 0 Å². The van der Waals surface area contributed by atoms with Crippen LogP contribution in [-0.4, -0.2) is 21.4 Å². The molecule has 9 heteroatoms. The zero-order chi connectivity index (χ0) is 24.7. The molecule has 0 atom stereocenters. The van der Waals surface area contributed by atoms with Crippen molar-refractivity contribution in [2.24, 2.45) is 0 Å². The summed E-state index contributed by atoms with van der Waals surface area (Å²) in [5, 5.41) is 2.82. The molecule has 0 radical (unpaired) electrons. The molecular formula is C26H24N2O6S. The van der Waals surface area contributed by atoms with Gasteiger partial charge < -0.3 is 19.2 Å². The first-order valence-corrected chi connectivity index (χ1v) is 12.2. The van der Waals surface area contributed by atoms with Gasteiger partial charge in [0.2, 0.25) is 0 Å². The lowest BCUT2D eigenvalue weighted by Crippen LogP contribution is -2.15. The van der Waals surface area contributed by atoms with Gasteiger partial charge in [0, 0.05) is 11.3 Å². The van der Waals surface area contributed by atoms with Crippen molar-refractivity contribution in [3.63, 3.8) is 0 Å². The molecule has 0 fully saturated rings. The minimum Gasteiger partial charge on any atom is -0.495 e. The molecule has 180 valence electrons. The number of hydrogen-bond donors (Lipinski definition) is 2. The number of anilines is 2. The summed E-state index contributed by atoms with van der Waals surface area (Å²) in [6.45, 7) is 0.709. The molecule has 2 N–H and O–H groups in total. The number of hydrogen-bond acceptors (Lipinski definition) is 6. The largest absolute Gasteiger partial charge is 0.495 e. The summed E-state index contributed by atoms with van der Waals surface area (Å²) < 4.78 is 44.1. The average Bonchev–Trinajstić information content (AvgIpc) is 3.38. The van der Waals surface area contributed by atoms with Gasteiger partial charge in [-0.2, -0.15) is 0 Å². The van der Waals surface area contributed by atoms with Crippen molar-refractivity contribution in [1.82, 2.24) is 0 Å². The predicted molar refractivity (Wildman–Crippen MR) is 132 cm³/mol. The van der Waals surface area contributed by atoms with E-state index in [9.17, 15) is 13.2 Å². The summed E-state index contributed by atoms with van der Waals surface area (Å²) in [6.07, 6.45) is 1.59. The van der Waals surface area contributed by atoms with Crippen LogP contribution < -0.4 is 14.8 Å². The quantitative estimate of drug-likeness (QED) is 0.321. The Morgan fingerprint density at radius 2 is 1.71 bits per heavy atom. The number of nitrogens with one attached hydrogen (secondary N) is 2. The Balaban J connectivity index is 1.38. The van der Waals surface area contributed by atoms with Crippen LogP contribution in [0.15, 0.2) is 101 Å². The van der Waals surface area contributed by atoms with Crippen molar-refractivity contribution in [2.75, 3.05) is 17.1 Å². The molecule has 0 aliphatic rings. The number of furan rings is 1. The van der Waals surface area contributed by atoms with Gasteiger partial charge in [-0.3, -0.25) is 9.52 Å². The molecule has 0 saturated carbocycles. The van der Waals surface area contributed by atoms with Gasteiger partial charge in [-0.15, -0.1) is 0 Å². The van der Waals surface area contributed by atoms with Gasteiger partial charge >= 0.3 is 0 Å². The van der Waals surface area contributed by atoms with E-state index in [1.807, 2.05) is 24.3 Å². The summed E-state index contributed by atoms with van der Waals surface area (Å²) in [7, 11) is -2.40. The lowest BCUT2D eigenvalue weighted by Gasteiger charge is -2.12. The Hall–Kier alpha value is -4.08. The van der Waals surface area contributed by atoms with E-state index in [1.54, 1.807) is 42.7 Å². The highest BCUT2D eigenvalue weighted by Gasteiger charge is 2.17. The molecule has 0 aliphatic carbocycles. The van der Waals surface area contributed by atoms with Crippen LogP contribution in [0.3, 0.4) is 0 Å². The van der Waals surface area contributed by atoms with Gasteiger partial charge in [-0.25, -0.2) is 8.42 Å². The van der Waals surface area contributed by atoms with Crippen molar-refractivity contribution in [3.05, 3.63) is 108 Å². The number of para-hydroxylation sites is 2. The van der Waals surface area contributed by atoms with Crippen LogP contribution in [0.5, 0.6) is 5.75 Å². The Labute approximate surface area is 203 Å². The number of carbonyl (C=O) groups excluding carboxylic acids is 1. The van der Waals surface area contributed by atoms with E-state index in [2.05, 4.69) is 10.0 Å². The Morgan fingerprint density at radius 3 is 2.46 bits per heavy atom. The topological polar surface area (TPSA) is 107 Å². The van der Waals surface area contributed by atoms with E-state index in [4.69, 9.17) is 13.9 Å². The molecule has 3 aromatic carbocycles. The molecule has 1 aromatic heterocycles. The molecule has 1 amide bonds. The van der Waals surface area contributed by atoms with E-state index in [-0.39, 0.29) is 10.8 Å². The van der Waals surface area contributed by atoms with Gasteiger partial charge in [0.1, 0.15) is 18.1 Å². The summed E-state index contributed by atoms with van der Waals surface area (Å²) in [5.74, 6) is 0.777. The zero-order valence-corrected chi connectivity index (χ0v) is 19.7. The van der Waals surface area contributed by atoms with Crippen LogP contribution in [0.2, 0.25) is 0 Å². The van der Waals surface area contributed by atoms with E-state index in [0.717, 1.165) is 11.3 Å². The number of ether oxygens (including phenoxy) is 2. The summed E-state index contributed by atoms with van der Waals surface area (Å²) in [6, 6.07) is 23.3. The fraction of sp³-hybridized carbons (Fsp3) is 0.115. The van der Waals surface area contributed by atoms with Crippen LogP contribution >= 0.6 is 0 Å². The third-order valence-electron chi connectivity index (χ3n) is 5.06. The van der Waals surface area contributed by atoms with Gasteiger partial charge in [-0.1, -0.05) is 24.3 Å². The fourth-order valence-corrected chi connectivity index (χ4v) is 4.39. The van der Waals surface area contributed by atoms with Crippen molar-refractivity contribution in [2.45, 2.75) is 18.1 Å². The Bertz CT molecular complexity index is 1380. The molecule has 0 spiro atoms. The molecule has 1 heterocycles. The third kappa shape index (κ3) is 6.28. The van der Waals surface area contributed by atoms with E-state index in [1.165, 1.54) is 31.4 Å². The molecule has 4 rings (SSSR count). The van der Waals surface area contributed by atoms with E-state index < -0.39 is 10.0 Å². The number of benzene rings is 3. The second-order valence-electron chi connectivity index (χ2n) is 7.56. The van der Waals surface area contributed by atoms with Crippen molar-refractivity contribution in [3.8, 4) is 5.75 Å². The number of sulfonamides is 1. The predicted octanol–water partition coefficient (Wildman–Crippen LogP) is 5.06.